The number of aliphatic hydroxyl groups is 2. The maximum Gasteiger partial charge on any atom is 0.326 e. The van der Waals surface area contributed by atoms with Gasteiger partial charge in [0.1, 0.15) is 5.75 Å². The van der Waals surface area contributed by atoms with Crippen LogP contribution in [-0.2, 0) is 11.2 Å². The van der Waals surface area contributed by atoms with E-state index in [9.17, 15) is 15.0 Å². The van der Waals surface area contributed by atoms with Crippen LogP contribution in [0.25, 0.3) is 0 Å². The maximum absolute atomic E-state index is 10.9. The Morgan fingerprint density at radius 1 is 1.47 bits per heavy atom. The molecule has 0 saturated carbocycles. The molecule has 2 unspecified atom stereocenters. The zero-order chi connectivity index (χ0) is 12.6. The summed E-state index contributed by atoms with van der Waals surface area (Å²) in [4.78, 5) is 10.9. The molecular formula is C12H14O5. The number of hydrogen-bond acceptors (Lipinski definition) is 4. The topological polar surface area (TPSA) is 87.0 Å². The average Bonchev–Trinajstić information content (AvgIpc) is 2.25. The van der Waals surface area contributed by atoms with Crippen molar-refractivity contribution < 1.29 is 24.9 Å². The van der Waals surface area contributed by atoms with Gasteiger partial charge in [0.25, 0.3) is 0 Å². The number of benzene rings is 1. The summed E-state index contributed by atoms with van der Waals surface area (Å²) in [5.41, 5.74) is 0.782. The highest BCUT2D eigenvalue weighted by atomic mass is 16.8. The predicted octanol–water partition coefficient (Wildman–Crippen LogP) is 0.597. The monoisotopic (exact) mass is 238 g/mol. The second-order valence-electron chi connectivity index (χ2n) is 4.31. The molecule has 0 aliphatic carbocycles. The molecule has 1 aromatic rings. The number of aliphatic carboxylic acids is 1. The molecule has 0 bridgehead atoms. The van der Waals surface area contributed by atoms with Gasteiger partial charge in [-0.25, -0.2) is 0 Å². The van der Waals surface area contributed by atoms with E-state index in [1.807, 2.05) is 0 Å². The van der Waals surface area contributed by atoms with Gasteiger partial charge in [0.2, 0.25) is 0 Å². The fraction of sp³-hybridized carbons (Fsp3) is 0.417. The average molecular weight is 238 g/mol. The van der Waals surface area contributed by atoms with Crippen LogP contribution in [-0.4, -0.2) is 27.3 Å². The first-order chi connectivity index (χ1) is 7.92. The molecule has 0 spiro atoms. The van der Waals surface area contributed by atoms with Gasteiger partial charge >= 0.3 is 11.9 Å². The van der Waals surface area contributed by atoms with Gasteiger partial charge in [-0.15, -0.1) is 0 Å². The molecule has 1 heterocycles. The summed E-state index contributed by atoms with van der Waals surface area (Å²) in [5, 5.41) is 28.5. The number of rotatable bonds is 2. The Hall–Kier alpha value is -1.59. The molecule has 1 aromatic carbocycles. The number of hydrogen-bond donors (Lipinski definition) is 3. The standard InChI is InChI=1S/C12H14O5/c1-7(11(13)14)9-6-8-4-2-3-5-10(8)17-12(9,15)16/h2-5,7,9,15-16H,6H2,1H3,(H,13,14). The Morgan fingerprint density at radius 2 is 2.12 bits per heavy atom. The molecule has 17 heavy (non-hydrogen) atoms. The van der Waals surface area contributed by atoms with Crippen molar-refractivity contribution >= 4 is 5.97 Å². The van der Waals surface area contributed by atoms with Gasteiger partial charge in [-0.2, -0.15) is 0 Å². The second-order valence-corrected chi connectivity index (χ2v) is 4.31. The molecule has 5 heteroatoms. The highest BCUT2D eigenvalue weighted by molar-refractivity contribution is 5.70. The molecule has 2 atom stereocenters. The summed E-state index contributed by atoms with van der Waals surface area (Å²) in [6, 6.07) is 6.92. The SMILES string of the molecule is CC(C(=O)O)C1Cc2ccccc2OC1(O)O. The van der Waals surface area contributed by atoms with Gasteiger partial charge in [-0.05, 0) is 18.1 Å². The van der Waals surface area contributed by atoms with Crippen LogP contribution in [0.3, 0.4) is 0 Å². The van der Waals surface area contributed by atoms with Gasteiger partial charge in [0.15, 0.2) is 0 Å². The number of carboxylic acid groups (broad SMARTS) is 1. The van der Waals surface area contributed by atoms with E-state index >= 15 is 0 Å². The van der Waals surface area contributed by atoms with Gasteiger partial charge in [0, 0.05) is 0 Å². The Kier molecular flexibility index (Phi) is 2.81. The Labute approximate surface area is 98.3 Å². The zero-order valence-corrected chi connectivity index (χ0v) is 9.33. The molecule has 0 amide bonds. The van der Waals surface area contributed by atoms with Crippen LogP contribution in [0.15, 0.2) is 24.3 Å². The largest absolute Gasteiger partial charge is 0.481 e. The molecular weight excluding hydrogens is 224 g/mol. The fourth-order valence-electron chi connectivity index (χ4n) is 2.05. The van der Waals surface area contributed by atoms with Crippen LogP contribution < -0.4 is 4.74 Å². The minimum Gasteiger partial charge on any atom is -0.481 e. The minimum atomic E-state index is -2.44. The summed E-state index contributed by atoms with van der Waals surface area (Å²) in [6.45, 7) is 1.44. The van der Waals surface area contributed by atoms with Crippen molar-refractivity contribution in [3.8, 4) is 5.75 Å². The van der Waals surface area contributed by atoms with Crippen molar-refractivity contribution in [3.05, 3.63) is 29.8 Å². The van der Waals surface area contributed by atoms with Crippen molar-refractivity contribution in [2.45, 2.75) is 19.3 Å². The van der Waals surface area contributed by atoms with Gasteiger partial charge in [-0.3, -0.25) is 4.79 Å². The highest BCUT2D eigenvalue weighted by Gasteiger charge is 2.46. The summed E-state index contributed by atoms with van der Waals surface area (Å²) < 4.78 is 5.05. The van der Waals surface area contributed by atoms with Crippen molar-refractivity contribution in [2.24, 2.45) is 11.8 Å². The zero-order valence-electron chi connectivity index (χ0n) is 9.33. The van der Waals surface area contributed by atoms with Crippen LogP contribution in [0.5, 0.6) is 5.75 Å². The van der Waals surface area contributed by atoms with Crippen molar-refractivity contribution in [2.75, 3.05) is 0 Å². The van der Waals surface area contributed by atoms with E-state index in [0.29, 0.717) is 5.75 Å². The number of fused-ring (bicyclic) bond motifs is 1. The number of carboxylic acids is 1. The van der Waals surface area contributed by atoms with E-state index in [-0.39, 0.29) is 6.42 Å². The van der Waals surface area contributed by atoms with E-state index in [4.69, 9.17) is 9.84 Å². The number of carbonyl (C=O) groups is 1. The maximum atomic E-state index is 10.9. The molecule has 0 saturated heterocycles. The number of para-hydroxylation sites is 1. The minimum absolute atomic E-state index is 0.261. The normalized spacial score (nSPS) is 23.4. The van der Waals surface area contributed by atoms with E-state index in [1.165, 1.54) is 6.92 Å². The first kappa shape index (κ1) is 11.9. The van der Waals surface area contributed by atoms with E-state index < -0.39 is 23.8 Å². The summed E-state index contributed by atoms with van der Waals surface area (Å²) >= 11 is 0. The third-order valence-corrected chi connectivity index (χ3v) is 3.15. The van der Waals surface area contributed by atoms with Crippen LogP contribution >= 0.6 is 0 Å². The van der Waals surface area contributed by atoms with Gasteiger partial charge in [-0.1, -0.05) is 25.1 Å². The van der Waals surface area contributed by atoms with Crippen molar-refractivity contribution in [3.63, 3.8) is 0 Å². The lowest BCUT2D eigenvalue weighted by atomic mass is 9.84. The molecule has 1 aliphatic heterocycles. The lowest BCUT2D eigenvalue weighted by molar-refractivity contribution is -0.335. The molecule has 0 fully saturated rings. The Morgan fingerprint density at radius 3 is 2.76 bits per heavy atom. The molecule has 0 aromatic heterocycles. The molecule has 1 aliphatic rings. The van der Waals surface area contributed by atoms with Crippen LogP contribution in [0.4, 0.5) is 0 Å². The van der Waals surface area contributed by atoms with Crippen molar-refractivity contribution in [1.29, 1.82) is 0 Å². The highest BCUT2D eigenvalue weighted by Crippen LogP contribution is 2.37. The summed E-state index contributed by atoms with van der Waals surface area (Å²) in [5.74, 6) is -4.93. The van der Waals surface area contributed by atoms with Gasteiger partial charge < -0.3 is 20.1 Å². The quantitative estimate of drug-likeness (QED) is 0.657. The van der Waals surface area contributed by atoms with E-state index in [0.717, 1.165) is 5.56 Å². The Bertz CT molecular complexity index is 440. The third-order valence-electron chi connectivity index (χ3n) is 3.15. The molecule has 3 N–H and O–H groups in total. The first-order valence-electron chi connectivity index (χ1n) is 5.36. The summed E-state index contributed by atoms with van der Waals surface area (Å²) in [7, 11) is 0. The van der Waals surface area contributed by atoms with Crippen molar-refractivity contribution in [1.82, 2.24) is 0 Å². The fourth-order valence-corrected chi connectivity index (χ4v) is 2.05. The second kappa shape index (κ2) is 4.01. The van der Waals surface area contributed by atoms with Crippen LogP contribution in [0, 0.1) is 11.8 Å². The lowest BCUT2D eigenvalue weighted by Crippen LogP contribution is -2.51. The lowest BCUT2D eigenvalue weighted by Gasteiger charge is -2.38. The molecule has 0 radical (unpaired) electrons. The van der Waals surface area contributed by atoms with Crippen LogP contribution in [0.1, 0.15) is 12.5 Å². The smallest absolute Gasteiger partial charge is 0.326 e. The predicted molar refractivity (Wildman–Crippen MR) is 58.2 cm³/mol. The number of ether oxygens (including phenoxy) is 1. The van der Waals surface area contributed by atoms with E-state index in [2.05, 4.69) is 0 Å². The van der Waals surface area contributed by atoms with Gasteiger partial charge in [0.05, 0.1) is 11.8 Å². The summed E-state index contributed by atoms with van der Waals surface area (Å²) in [6.07, 6.45) is 0.261. The first-order valence-corrected chi connectivity index (χ1v) is 5.36. The van der Waals surface area contributed by atoms with E-state index in [1.54, 1.807) is 24.3 Å². The third kappa shape index (κ3) is 2.11. The van der Waals surface area contributed by atoms with Crippen LogP contribution in [0.2, 0.25) is 0 Å². The molecule has 5 nitrogen and oxygen atoms in total. The molecule has 2 rings (SSSR count). The Balaban J connectivity index is 2.34. The molecule has 92 valence electrons.